The highest BCUT2D eigenvalue weighted by Crippen LogP contribution is 2.24. The number of rotatable bonds is 7. The summed E-state index contributed by atoms with van der Waals surface area (Å²) in [7, 11) is 3.17. The van der Waals surface area contributed by atoms with E-state index in [9.17, 15) is 9.59 Å². The molecule has 1 heterocycles. The number of ether oxygens (including phenoxy) is 2. The minimum Gasteiger partial charge on any atom is -0.497 e. The fraction of sp³-hybridized carbons (Fsp3) is 0.273. The SMILES string of the molecule is COc1cccc(CCNC(=O)Cc2c(C)c3ccc(OC)cc3oc2=O)c1. The summed E-state index contributed by atoms with van der Waals surface area (Å²) >= 11 is 0. The largest absolute Gasteiger partial charge is 0.497 e. The Morgan fingerprint density at radius 3 is 2.57 bits per heavy atom. The van der Waals surface area contributed by atoms with E-state index in [0.29, 0.717) is 29.9 Å². The molecule has 0 radical (unpaired) electrons. The average Bonchev–Trinajstić information content (AvgIpc) is 2.70. The first-order chi connectivity index (χ1) is 13.5. The van der Waals surface area contributed by atoms with E-state index in [4.69, 9.17) is 13.9 Å². The molecule has 1 aromatic heterocycles. The van der Waals surface area contributed by atoms with Gasteiger partial charge in [0.15, 0.2) is 0 Å². The highest BCUT2D eigenvalue weighted by molar-refractivity contribution is 5.85. The van der Waals surface area contributed by atoms with Crippen LogP contribution < -0.4 is 20.4 Å². The zero-order chi connectivity index (χ0) is 20.1. The van der Waals surface area contributed by atoms with Gasteiger partial charge in [-0.05, 0) is 48.7 Å². The molecule has 0 saturated carbocycles. The molecule has 0 bridgehead atoms. The summed E-state index contributed by atoms with van der Waals surface area (Å²) in [6.07, 6.45) is 0.655. The maximum Gasteiger partial charge on any atom is 0.340 e. The van der Waals surface area contributed by atoms with Crippen LogP contribution in [0.5, 0.6) is 11.5 Å². The fourth-order valence-electron chi connectivity index (χ4n) is 3.10. The van der Waals surface area contributed by atoms with E-state index in [1.165, 1.54) is 0 Å². The van der Waals surface area contributed by atoms with Gasteiger partial charge in [-0.3, -0.25) is 4.79 Å². The zero-order valence-electron chi connectivity index (χ0n) is 16.2. The van der Waals surface area contributed by atoms with Gasteiger partial charge in [-0.1, -0.05) is 12.1 Å². The number of hydrogen-bond acceptors (Lipinski definition) is 5. The molecule has 0 aliphatic heterocycles. The first-order valence-corrected chi connectivity index (χ1v) is 9.01. The number of fused-ring (bicyclic) bond motifs is 1. The monoisotopic (exact) mass is 381 g/mol. The third-order valence-corrected chi connectivity index (χ3v) is 4.70. The summed E-state index contributed by atoms with van der Waals surface area (Å²) in [4.78, 5) is 24.7. The molecule has 6 nitrogen and oxygen atoms in total. The maximum absolute atomic E-state index is 12.4. The predicted octanol–water partition coefficient (Wildman–Crippen LogP) is 3.02. The average molecular weight is 381 g/mol. The van der Waals surface area contributed by atoms with Crippen molar-refractivity contribution in [2.75, 3.05) is 20.8 Å². The lowest BCUT2D eigenvalue weighted by Gasteiger charge is -2.10. The molecule has 0 atom stereocenters. The predicted molar refractivity (Wildman–Crippen MR) is 107 cm³/mol. The Morgan fingerprint density at radius 1 is 1.07 bits per heavy atom. The minimum absolute atomic E-state index is 0.0196. The quantitative estimate of drug-likeness (QED) is 0.637. The van der Waals surface area contributed by atoms with E-state index in [0.717, 1.165) is 22.3 Å². The van der Waals surface area contributed by atoms with E-state index in [-0.39, 0.29) is 12.3 Å². The third kappa shape index (κ3) is 4.34. The maximum atomic E-state index is 12.4. The normalized spacial score (nSPS) is 10.7. The number of benzene rings is 2. The van der Waals surface area contributed by atoms with E-state index in [2.05, 4.69) is 5.32 Å². The van der Waals surface area contributed by atoms with Crippen LogP contribution in [-0.4, -0.2) is 26.7 Å². The molecule has 3 aromatic rings. The van der Waals surface area contributed by atoms with Crippen molar-refractivity contribution in [2.45, 2.75) is 19.8 Å². The Kier molecular flexibility index (Phi) is 5.99. The number of carbonyl (C=O) groups excluding carboxylic acids is 1. The van der Waals surface area contributed by atoms with Gasteiger partial charge in [0.05, 0.1) is 26.2 Å². The Morgan fingerprint density at radius 2 is 1.82 bits per heavy atom. The van der Waals surface area contributed by atoms with Gasteiger partial charge >= 0.3 is 5.63 Å². The van der Waals surface area contributed by atoms with E-state index >= 15 is 0 Å². The Balaban J connectivity index is 1.68. The standard InChI is InChI=1S/C22H23NO5/c1-14-18-8-7-17(27-3)12-20(18)28-22(25)19(14)13-21(24)23-10-9-15-5-4-6-16(11-15)26-2/h4-8,11-12H,9-10,13H2,1-3H3,(H,23,24). The second kappa shape index (κ2) is 8.61. The van der Waals surface area contributed by atoms with Crippen LogP contribution in [0, 0.1) is 6.92 Å². The molecule has 0 fully saturated rings. The van der Waals surface area contributed by atoms with Crippen molar-refractivity contribution in [3.05, 3.63) is 69.6 Å². The zero-order valence-corrected chi connectivity index (χ0v) is 16.2. The van der Waals surface area contributed by atoms with Gasteiger partial charge in [0, 0.05) is 18.0 Å². The van der Waals surface area contributed by atoms with Crippen LogP contribution in [0.4, 0.5) is 0 Å². The summed E-state index contributed by atoms with van der Waals surface area (Å²) in [6.45, 7) is 2.30. The smallest absolute Gasteiger partial charge is 0.340 e. The van der Waals surface area contributed by atoms with Gasteiger partial charge in [0.2, 0.25) is 5.91 Å². The number of hydrogen-bond donors (Lipinski definition) is 1. The van der Waals surface area contributed by atoms with Crippen LogP contribution in [0.15, 0.2) is 51.7 Å². The van der Waals surface area contributed by atoms with Crippen molar-refractivity contribution in [2.24, 2.45) is 0 Å². The molecular formula is C22H23NO5. The number of amides is 1. The summed E-state index contributed by atoms with van der Waals surface area (Å²) in [5.74, 6) is 1.18. The second-order valence-electron chi connectivity index (χ2n) is 6.48. The molecule has 3 rings (SSSR count). The highest BCUT2D eigenvalue weighted by Gasteiger charge is 2.15. The lowest BCUT2D eigenvalue weighted by atomic mass is 10.0. The van der Waals surface area contributed by atoms with Gasteiger partial charge < -0.3 is 19.2 Å². The molecule has 1 amide bonds. The van der Waals surface area contributed by atoms with Crippen molar-refractivity contribution in [3.8, 4) is 11.5 Å². The molecule has 6 heteroatoms. The number of aryl methyl sites for hydroxylation is 1. The summed E-state index contributed by atoms with van der Waals surface area (Å²) in [5.41, 5.74) is 2.13. The summed E-state index contributed by atoms with van der Waals surface area (Å²) < 4.78 is 15.7. The van der Waals surface area contributed by atoms with E-state index in [1.807, 2.05) is 37.3 Å². The second-order valence-corrected chi connectivity index (χ2v) is 6.48. The first-order valence-electron chi connectivity index (χ1n) is 9.01. The topological polar surface area (TPSA) is 77.8 Å². The van der Waals surface area contributed by atoms with Gasteiger partial charge in [0.25, 0.3) is 0 Å². The molecule has 0 unspecified atom stereocenters. The summed E-state index contributed by atoms with van der Waals surface area (Å²) in [6, 6.07) is 13.0. The van der Waals surface area contributed by atoms with E-state index < -0.39 is 5.63 Å². The van der Waals surface area contributed by atoms with Crippen LogP contribution in [0.2, 0.25) is 0 Å². The van der Waals surface area contributed by atoms with Crippen molar-refractivity contribution in [1.82, 2.24) is 5.32 Å². The van der Waals surface area contributed by atoms with Crippen molar-refractivity contribution in [3.63, 3.8) is 0 Å². The van der Waals surface area contributed by atoms with Gasteiger partial charge in [0.1, 0.15) is 17.1 Å². The molecule has 0 spiro atoms. The Bertz CT molecular complexity index is 1050. The van der Waals surface area contributed by atoms with Crippen LogP contribution in [0.3, 0.4) is 0 Å². The van der Waals surface area contributed by atoms with Crippen LogP contribution >= 0.6 is 0 Å². The fourth-order valence-corrected chi connectivity index (χ4v) is 3.10. The van der Waals surface area contributed by atoms with Gasteiger partial charge in [-0.25, -0.2) is 4.79 Å². The molecule has 2 aromatic carbocycles. The number of methoxy groups -OCH3 is 2. The van der Waals surface area contributed by atoms with Crippen LogP contribution in [-0.2, 0) is 17.6 Å². The first kappa shape index (κ1) is 19.5. The third-order valence-electron chi connectivity index (χ3n) is 4.70. The summed E-state index contributed by atoms with van der Waals surface area (Å²) in [5, 5.41) is 3.65. The minimum atomic E-state index is -0.499. The van der Waals surface area contributed by atoms with Crippen molar-refractivity contribution < 1.29 is 18.7 Å². The molecule has 0 aliphatic rings. The number of carbonyl (C=O) groups is 1. The molecule has 1 N–H and O–H groups in total. The molecule has 0 aliphatic carbocycles. The van der Waals surface area contributed by atoms with Gasteiger partial charge in [-0.2, -0.15) is 0 Å². The molecule has 0 saturated heterocycles. The molecule has 28 heavy (non-hydrogen) atoms. The highest BCUT2D eigenvalue weighted by atomic mass is 16.5. The van der Waals surface area contributed by atoms with Crippen LogP contribution in [0.1, 0.15) is 16.7 Å². The number of nitrogens with one attached hydrogen (secondary N) is 1. The van der Waals surface area contributed by atoms with Crippen molar-refractivity contribution >= 4 is 16.9 Å². The van der Waals surface area contributed by atoms with Crippen molar-refractivity contribution in [1.29, 1.82) is 0 Å². The Hall–Kier alpha value is -3.28. The Labute approximate surface area is 163 Å². The lowest BCUT2D eigenvalue weighted by Crippen LogP contribution is -2.29. The van der Waals surface area contributed by atoms with E-state index in [1.54, 1.807) is 26.4 Å². The molecule has 146 valence electrons. The van der Waals surface area contributed by atoms with Crippen LogP contribution in [0.25, 0.3) is 11.0 Å². The molecular weight excluding hydrogens is 358 g/mol. The lowest BCUT2D eigenvalue weighted by molar-refractivity contribution is -0.120. The van der Waals surface area contributed by atoms with Gasteiger partial charge in [-0.15, -0.1) is 0 Å².